The third kappa shape index (κ3) is 5.10. The molecule has 1 heterocycles. The Morgan fingerprint density at radius 2 is 1.90 bits per heavy atom. The van der Waals surface area contributed by atoms with Crippen molar-refractivity contribution >= 4 is 24.1 Å². The number of methoxy groups -OCH3 is 1. The summed E-state index contributed by atoms with van der Waals surface area (Å²) in [5.74, 6) is 0.199. The molecule has 0 aliphatic carbocycles. The Hall–Kier alpha value is -1.46. The molecule has 0 radical (unpaired) electrons. The highest BCUT2D eigenvalue weighted by atomic mass is 35.5. The Labute approximate surface area is 131 Å². The first kappa shape index (κ1) is 17.6. The molecule has 6 heteroatoms. The molecule has 0 unspecified atom stereocenters. The molecule has 1 N–H and O–H groups in total. The monoisotopic (exact) mass is 314 g/mol. The molecule has 1 fully saturated rings. The van der Waals surface area contributed by atoms with Crippen LogP contribution in [0.5, 0.6) is 5.75 Å². The second kappa shape index (κ2) is 8.74. The Kier molecular flexibility index (Phi) is 7.32. The summed E-state index contributed by atoms with van der Waals surface area (Å²) in [6, 6.07) is 8.06. The van der Waals surface area contributed by atoms with Gasteiger partial charge in [0, 0.05) is 32.6 Å². The minimum atomic E-state index is -0.711. The first-order valence-corrected chi connectivity index (χ1v) is 7.03. The van der Waals surface area contributed by atoms with Crippen LogP contribution in [0.4, 0.5) is 5.69 Å². The topological polar surface area (TPSA) is 53.0 Å². The average molecular weight is 315 g/mol. The third-order valence-electron chi connectivity index (χ3n) is 3.66. The normalized spacial score (nSPS) is 15.4. The molecule has 1 saturated heterocycles. The first-order valence-electron chi connectivity index (χ1n) is 7.03. The van der Waals surface area contributed by atoms with Gasteiger partial charge in [-0.1, -0.05) is 12.1 Å². The van der Waals surface area contributed by atoms with Gasteiger partial charge in [0.25, 0.3) is 0 Å². The number of rotatable bonds is 6. The van der Waals surface area contributed by atoms with Crippen LogP contribution in [0.1, 0.15) is 12.8 Å². The highest BCUT2D eigenvalue weighted by molar-refractivity contribution is 5.85. The van der Waals surface area contributed by atoms with Crippen LogP contribution in [-0.2, 0) is 4.79 Å². The SMILES string of the molecule is COc1ccccc1N1CCN(CCCC(=O)O)CC1.Cl. The molecule has 21 heavy (non-hydrogen) atoms. The molecule has 118 valence electrons. The number of aliphatic carboxylic acids is 1. The van der Waals surface area contributed by atoms with Gasteiger partial charge in [0.05, 0.1) is 12.8 Å². The van der Waals surface area contributed by atoms with Crippen LogP contribution in [0, 0.1) is 0 Å². The zero-order valence-corrected chi connectivity index (χ0v) is 13.1. The fourth-order valence-electron chi connectivity index (χ4n) is 2.56. The zero-order chi connectivity index (χ0) is 14.4. The van der Waals surface area contributed by atoms with E-state index in [4.69, 9.17) is 9.84 Å². The lowest BCUT2D eigenvalue weighted by Gasteiger charge is -2.36. The highest BCUT2D eigenvalue weighted by Crippen LogP contribution is 2.28. The lowest BCUT2D eigenvalue weighted by molar-refractivity contribution is -0.137. The lowest BCUT2D eigenvalue weighted by Crippen LogP contribution is -2.46. The number of piperazine rings is 1. The number of para-hydroxylation sites is 2. The predicted octanol–water partition coefficient (Wildman–Crippen LogP) is 2.10. The molecule has 1 aromatic rings. The summed E-state index contributed by atoms with van der Waals surface area (Å²) in [4.78, 5) is 15.2. The van der Waals surface area contributed by atoms with E-state index in [2.05, 4.69) is 15.9 Å². The number of carbonyl (C=O) groups is 1. The van der Waals surface area contributed by atoms with Crippen molar-refractivity contribution in [2.24, 2.45) is 0 Å². The minimum Gasteiger partial charge on any atom is -0.495 e. The van der Waals surface area contributed by atoms with E-state index >= 15 is 0 Å². The van der Waals surface area contributed by atoms with Gasteiger partial charge in [0.1, 0.15) is 5.75 Å². The van der Waals surface area contributed by atoms with Gasteiger partial charge < -0.3 is 14.7 Å². The van der Waals surface area contributed by atoms with Gasteiger partial charge >= 0.3 is 5.97 Å². The van der Waals surface area contributed by atoms with Crippen molar-refractivity contribution in [3.63, 3.8) is 0 Å². The van der Waals surface area contributed by atoms with Gasteiger partial charge in [-0.15, -0.1) is 12.4 Å². The first-order chi connectivity index (χ1) is 9.70. The number of anilines is 1. The third-order valence-corrected chi connectivity index (χ3v) is 3.66. The van der Waals surface area contributed by atoms with Crippen LogP contribution in [0.2, 0.25) is 0 Å². The van der Waals surface area contributed by atoms with Crippen LogP contribution in [0.25, 0.3) is 0 Å². The van der Waals surface area contributed by atoms with Crippen molar-refractivity contribution in [3.05, 3.63) is 24.3 Å². The van der Waals surface area contributed by atoms with Crippen LogP contribution >= 0.6 is 12.4 Å². The van der Waals surface area contributed by atoms with E-state index in [1.54, 1.807) is 7.11 Å². The van der Waals surface area contributed by atoms with E-state index in [1.807, 2.05) is 18.2 Å². The molecule has 1 aliphatic heterocycles. The maximum Gasteiger partial charge on any atom is 0.303 e. The summed E-state index contributed by atoms with van der Waals surface area (Å²) >= 11 is 0. The molecule has 0 amide bonds. The predicted molar refractivity (Wildman–Crippen MR) is 85.8 cm³/mol. The average Bonchev–Trinajstić information content (AvgIpc) is 2.47. The number of hydrogen-bond donors (Lipinski definition) is 1. The quantitative estimate of drug-likeness (QED) is 0.871. The molecule has 0 spiro atoms. The minimum absolute atomic E-state index is 0. The molecule has 2 rings (SSSR count). The van der Waals surface area contributed by atoms with E-state index in [1.165, 1.54) is 0 Å². The lowest BCUT2D eigenvalue weighted by atomic mass is 10.2. The second-order valence-corrected chi connectivity index (χ2v) is 5.00. The fourth-order valence-corrected chi connectivity index (χ4v) is 2.56. The number of halogens is 1. The van der Waals surface area contributed by atoms with Gasteiger partial charge in [-0.2, -0.15) is 0 Å². The summed E-state index contributed by atoms with van der Waals surface area (Å²) < 4.78 is 5.40. The van der Waals surface area contributed by atoms with Crippen molar-refractivity contribution in [2.75, 3.05) is 44.7 Å². The summed E-state index contributed by atoms with van der Waals surface area (Å²) in [6.45, 7) is 4.71. The number of nitrogens with zero attached hydrogens (tertiary/aromatic N) is 2. The molecule has 5 nitrogen and oxygen atoms in total. The standard InChI is InChI=1S/C15H22N2O3.ClH/c1-20-14-6-3-2-5-13(14)17-11-9-16(10-12-17)8-4-7-15(18)19;/h2-3,5-6H,4,7-12H2,1H3,(H,18,19);1H. The van der Waals surface area contributed by atoms with Gasteiger partial charge in [-0.05, 0) is 25.1 Å². The fraction of sp³-hybridized carbons (Fsp3) is 0.533. The maximum atomic E-state index is 10.5. The van der Waals surface area contributed by atoms with E-state index in [0.717, 1.165) is 50.6 Å². The Morgan fingerprint density at radius 3 is 2.52 bits per heavy atom. The number of ether oxygens (including phenoxy) is 1. The van der Waals surface area contributed by atoms with Crippen LogP contribution in [0.3, 0.4) is 0 Å². The smallest absolute Gasteiger partial charge is 0.303 e. The maximum absolute atomic E-state index is 10.5. The Bertz CT molecular complexity index is 448. The molecule has 1 aliphatic rings. The Morgan fingerprint density at radius 1 is 1.24 bits per heavy atom. The largest absolute Gasteiger partial charge is 0.495 e. The number of benzene rings is 1. The summed E-state index contributed by atoms with van der Waals surface area (Å²) in [5, 5.41) is 8.65. The van der Waals surface area contributed by atoms with Crippen LogP contribution < -0.4 is 9.64 Å². The Balaban J connectivity index is 0.00000220. The molecule has 0 bridgehead atoms. The molecular weight excluding hydrogens is 292 g/mol. The number of hydrogen-bond acceptors (Lipinski definition) is 4. The van der Waals surface area contributed by atoms with Gasteiger partial charge in [0.2, 0.25) is 0 Å². The van der Waals surface area contributed by atoms with Gasteiger partial charge in [0.15, 0.2) is 0 Å². The van der Waals surface area contributed by atoms with E-state index in [-0.39, 0.29) is 18.8 Å². The summed E-state index contributed by atoms with van der Waals surface area (Å²) in [7, 11) is 1.70. The van der Waals surface area contributed by atoms with Crippen molar-refractivity contribution in [2.45, 2.75) is 12.8 Å². The number of carboxylic acids is 1. The van der Waals surface area contributed by atoms with E-state index in [9.17, 15) is 4.79 Å². The molecular formula is C15H23ClN2O3. The van der Waals surface area contributed by atoms with E-state index in [0.29, 0.717) is 0 Å². The van der Waals surface area contributed by atoms with Crippen molar-refractivity contribution in [1.29, 1.82) is 0 Å². The van der Waals surface area contributed by atoms with Crippen LogP contribution in [-0.4, -0.2) is 55.8 Å². The van der Waals surface area contributed by atoms with Gasteiger partial charge in [-0.3, -0.25) is 9.69 Å². The molecule has 0 aromatic heterocycles. The summed E-state index contributed by atoms with van der Waals surface area (Å²) in [6.07, 6.45) is 0.983. The van der Waals surface area contributed by atoms with Crippen LogP contribution in [0.15, 0.2) is 24.3 Å². The van der Waals surface area contributed by atoms with Crippen molar-refractivity contribution in [1.82, 2.24) is 4.90 Å². The number of carboxylic acid groups (broad SMARTS) is 1. The summed E-state index contributed by atoms with van der Waals surface area (Å²) in [5.41, 5.74) is 1.14. The molecule has 0 saturated carbocycles. The molecule has 0 atom stereocenters. The zero-order valence-electron chi connectivity index (χ0n) is 12.3. The van der Waals surface area contributed by atoms with Crippen molar-refractivity contribution in [3.8, 4) is 5.75 Å². The van der Waals surface area contributed by atoms with Crippen molar-refractivity contribution < 1.29 is 14.6 Å². The molecule has 1 aromatic carbocycles. The highest BCUT2D eigenvalue weighted by Gasteiger charge is 2.19. The van der Waals surface area contributed by atoms with Gasteiger partial charge in [-0.25, -0.2) is 0 Å². The second-order valence-electron chi connectivity index (χ2n) is 5.00. The van der Waals surface area contributed by atoms with E-state index < -0.39 is 5.97 Å².